The molecule has 2 atom stereocenters. The summed E-state index contributed by atoms with van der Waals surface area (Å²) in [6, 6.07) is 6.44. The van der Waals surface area contributed by atoms with Crippen LogP contribution >= 0.6 is 0 Å². The van der Waals surface area contributed by atoms with Crippen LogP contribution in [-0.4, -0.2) is 35.6 Å². The predicted molar refractivity (Wildman–Crippen MR) is 89.7 cm³/mol. The van der Waals surface area contributed by atoms with Crippen LogP contribution in [0.5, 0.6) is 5.75 Å². The van der Waals surface area contributed by atoms with Gasteiger partial charge in [-0.15, -0.1) is 0 Å². The molecule has 0 bridgehead atoms. The number of halogens is 1. The van der Waals surface area contributed by atoms with Gasteiger partial charge in [0.2, 0.25) is 0 Å². The highest BCUT2D eigenvalue weighted by Gasteiger charge is 2.33. The number of aryl methyl sites for hydroxylation is 2. The van der Waals surface area contributed by atoms with Crippen LogP contribution in [0.25, 0.3) is 0 Å². The van der Waals surface area contributed by atoms with Gasteiger partial charge in [-0.1, -0.05) is 6.07 Å². The number of hydrogen-bond acceptors (Lipinski definition) is 4. The van der Waals surface area contributed by atoms with Gasteiger partial charge in [-0.3, -0.25) is 4.68 Å². The lowest BCUT2D eigenvalue weighted by Gasteiger charge is -2.20. The van der Waals surface area contributed by atoms with Crippen molar-refractivity contribution >= 4 is 0 Å². The molecule has 0 radical (unpaired) electrons. The molecule has 0 unspecified atom stereocenters. The lowest BCUT2D eigenvalue weighted by Crippen LogP contribution is -2.35. The molecule has 1 aliphatic rings. The highest BCUT2D eigenvalue weighted by atomic mass is 19.1. The first-order valence-corrected chi connectivity index (χ1v) is 8.29. The van der Waals surface area contributed by atoms with Crippen LogP contribution in [0, 0.1) is 19.7 Å². The number of benzene rings is 1. The molecule has 0 spiro atoms. The Balaban J connectivity index is 1.55. The van der Waals surface area contributed by atoms with Crippen LogP contribution in [0.2, 0.25) is 0 Å². The first-order valence-electron chi connectivity index (χ1n) is 8.29. The largest absolute Gasteiger partial charge is 0.492 e. The van der Waals surface area contributed by atoms with E-state index in [1.54, 1.807) is 12.1 Å². The van der Waals surface area contributed by atoms with Crippen molar-refractivity contribution in [3.05, 3.63) is 47.0 Å². The van der Waals surface area contributed by atoms with E-state index in [-0.39, 0.29) is 18.0 Å². The molecule has 24 heavy (non-hydrogen) atoms. The molecular formula is C18H24FN3O2. The number of aromatic nitrogens is 2. The summed E-state index contributed by atoms with van der Waals surface area (Å²) < 4.78 is 26.5. The van der Waals surface area contributed by atoms with Crippen LogP contribution < -0.4 is 10.1 Å². The average molecular weight is 333 g/mol. The van der Waals surface area contributed by atoms with Crippen molar-refractivity contribution in [3.63, 3.8) is 0 Å². The van der Waals surface area contributed by atoms with Crippen LogP contribution in [0.15, 0.2) is 24.3 Å². The number of ether oxygens (including phenoxy) is 2. The zero-order chi connectivity index (χ0) is 17.1. The molecule has 5 nitrogen and oxygen atoms in total. The molecule has 1 N–H and O–H groups in total. The van der Waals surface area contributed by atoms with E-state index in [4.69, 9.17) is 9.47 Å². The fourth-order valence-electron chi connectivity index (χ4n) is 3.25. The summed E-state index contributed by atoms with van der Waals surface area (Å²) in [4.78, 5) is 0. The molecule has 0 amide bonds. The lowest BCUT2D eigenvalue weighted by atomic mass is 10.0. The minimum atomic E-state index is -0.285. The number of hydrogen-bond donors (Lipinski definition) is 1. The van der Waals surface area contributed by atoms with Gasteiger partial charge in [0.15, 0.2) is 0 Å². The first-order chi connectivity index (χ1) is 11.6. The van der Waals surface area contributed by atoms with E-state index in [9.17, 15) is 4.39 Å². The van der Waals surface area contributed by atoms with Gasteiger partial charge in [0, 0.05) is 43.6 Å². The third-order valence-electron chi connectivity index (χ3n) is 4.51. The third-order valence-corrected chi connectivity index (χ3v) is 4.51. The molecular weight excluding hydrogens is 309 g/mol. The number of nitrogens with zero attached hydrogens (tertiary/aromatic N) is 2. The second-order valence-electron chi connectivity index (χ2n) is 6.15. The van der Waals surface area contributed by atoms with Gasteiger partial charge >= 0.3 is 0 Å². The summed E-state index contributed by atoms with van der Waals surface area (Å²) in [5.41, 5.74) is 3.34. The average Bonchev–Trinajstić information content (AvgIpc) is 3.09. The van der Waals surface area contributed by atoms with Gasteiger partial charge < -0.3 is 14.8 Å². The minimum absolute atomic E-state index is 0.0212. The molecule has 2 heterocycles. The summed E-state index contributed by atoms with van der Waals surface area (Å²) in [6.45, 7) is 5.99. The number of nitrogens with one attached hydrogen (secondary N) is 1. The molecule has 130 valence electrons. The molecule has 1 fully saturated rings. The van der Waals surface area contributed by atoms with E-state index in [1.165, 1.54) is 17.7 Å². The monoisotopic (exact) mass is 333 g/mol. The topological polar surface area (TPSA) is 48.3 Å². The van der Waals surface area contributed by atoms with E-state index < -0.39 is 0 Å². The van der Waals surface area contributed by atoms with E-state index in [2.05, 4.69) is 17.3 Å². The second kappa shape index (κ2) is 7.32. The lowest BCUT2D eigenvalue weighted by molar-refractivity contribution is 0.0969. The van der Waals surface area contributed by atoms with Crippen molar-refractivity contribution in [2.24, 2.45) is 7.05 Å². The van der Waals surface area contributed by atoms with Gasteiger partial charge in [-0.25, -0.2) is 4.39 Å². The zero-order valence-electron chi connectivity index (χ0n) is 14.4. The molecule has 1 aromatic carbocycles. The van der Waals surface area contributed by atoms with Gasteiger partial charge in [-0.05, 0) is 32.4 Å². The smallest absolute Gasteiger partial charge is 0.126 e. The maximum Gasteiger partial charge on any atom is 0.126 e. The van der Waals surface area contributed by atoms with Crippen molar-refractivity contribution in [1.82, 2.24) is 15.1 Å². The highest BCUT2D eigenvalue weighted by Crippen LogP contribution is 2.33. The van der Waals surface area contributed by atoms with Crippen molar-refractivity contribution in [2.75, 3.05) is 19.8 Å². The van der Waals surface area contributed by atoms with Crippen LogP contribution in [-0.2, 0) is 11.8 Å². The fourth-order valence-corrected chi connectivity index (χ4v) is 3.25. The summed E-state index contributed by atoms with van der Waals surface area (Å²) in [7, 11) is 1.95. The molecule has 1 aromatic heterocycles. The normalized spacial score (nSPS) is 20.5. The van der Waals surface area contributed by atoms with E-state index in [0.717, 1.165) is 24.4 Å². The Morgan fingerprint density at radius 2 is 2.25 bits per heavy atom. The third kappa shape index (κ3) is 3.60. The number of rotatable bonds is 6. The summed E-state index contributed by atoms with van der Waals surface area (Å²) >= 11 is 0. The first kappa shape index (κ1) is 16.9. The molecule has 2 aromatic rings. The highest BCUT2D eigenvalue weighted by molar-refractivity contribution is 5.29. The summed E-state index contributed by atoms with van der Waals surface area (Å²) in [5.74, 6) is 0.266. The predicted octanol–water partition coefficient (Wildman–Crippen LogP) is 2.67. The van der Waals surface area contributed by atoms with Crippen LogP contribution in [0.1, 0.15) is 29.5 Å². The van der Waals surface area contributed by atoms with Crippen molar-refractivity contribution in [3.8, 4) is 5.75 Å². The van der Waals surface area contributed by atoms with Crippen molar-refractivity contribution < 1.29 is 13.9 Å². The molecule has 1 saturated heterocycles. The Kier molecular flexibility index (Phi) is 5.16. The van der Waals surface area contributed by atoms with Crippen molar-refractivity contribution in [1.29, 1.82) is 0 Å². The van der Waals surface area contributed by atoms with E-state index in [1.807, 2.05) is 18.7 Å². The van der Waals surface area contributed by atoms with E-state index in [0.29, 0.717) is 18.9 Å². The fraction of sp³-hybridized carbons (Fsp3) is 0.500. The standard InChI is InChI=1S/C18H24FN3O2/c1-12-17(13(2)22(3)21-12)18-16(7-9-24-18)20-8-10-23-15-6-4-5-14(19)11-15/h4-6,11,16,18,20H,7-10H2,1-3H3/t16-,18-/m0/s1. The molecule has 1 aliphatic heterocycles. The summed E-state index contributed by atoms with van der Waals surface area (Å²) in [6.07, 6.45) is 0.978. The molecule has 6 heteroatoms. The van der Waals surface area contributed by atoms with Gasteiger partial charge in [0.25, 0.3) is 0 Å². The van der Waals surface area contributed by atoms with Gasteiger partial charge in [0.1, 0.15) is 24.3 Å². The maximum atomic E-state index is 13.1. The Morgan fingerprint density at radius 1 is 1.42 bits per heavy atom. The van der Waals surface area contributed by atoms with Gasteiger partial charge in [-0.2, -0.15) is 5.10 Å². The summed E-state index contributed by atoms with van der Waals surface area (Å²) in [5, 5.41) is 7.98. The SMILES string of the molecule is Cc1nn(C)c(C)c1[C@H]1OCC[C@@H]1NCCOc1cccc(F)c1. The minimum Gasteiger partial charge on any atom is -0.492 e. The Bertz CT molecular complexity index is 702. The van der Waals surface area contributed by atoms with Gasteiger partial charge in [0.05, 0.1) is 5.69 Å². The second-order valence-corrected chi connectivity index (χ2v) is 6.15. The van der Waals surface area contributed by atoms with Crippen LogP contribution in [0.3, 0.4) is 0 Å². The Hall–Kier alpha value is -1.92. The molecule has 0 aliphatic carbocycles. The molecule has 0 saturated carbocycles. The van der Waals surface area contributed by atoms with E-state index >= 15 is 0 Å². The Labute approximate surface area is 141 Å². The quantitative estimate of drug-likeness (QED) is 0.826. The van der Waals surface area contributed by atoms with Crippen LogP contribution in [0.4, 0.5) is 4.39 Å². The maximum absolute atomic E-state index is 13.1. The van der Waals surface area contributed by atoms with Crippen molar-refractivity contribution in [2.45, 2.75) is 32.4 Å². The Morgan fingerprint density at radius 3 is 2.96 bits per heavy atom. The molecule has 3 rings (SSSR count). The zero-order valence-corrected chi connectivity index (χ0v) is 14.4.